The second-order valence-corrected chi connectivity index (χ2v) is 4.66. The van der Waals surface area contributed by atoms with Crippen molar-refractivity contribution >= 4 is 0 Å². The fourth-order valence-corrected chi connectivity index (χ4v) is 1.87. The van der Waals surface area contributed by atoms with Crippen LogP contribution in [0.2, 0.25) is 0 Å². The summed E-state index contributed by atoms with van der Waals surface area (Å²) in [5.74, 6) is 1.70. The Morgan fingerprint density at radius 3 is 2.39 bits per heavy atom. The van der Waals surface area contributed by atoms with Crippen LogP contribution in [0, 0.1) is 20.8 Å². The molecule has 94 valence electrons. The van der Waals surface area contributed by atoms with Crippen molar-refractivity contribution in [1.82, 2.24) is 0 Å². The molecule has 0 heterocycles. The van der Waals surface area contributed by atoms with Gasteiger partial charge < -0.3 is 10.5 Å². The minimum Gasteiger partial charge on any atom is -0.457 e. The van der Waals surface area contributed by atoms with E-state index in [2.05, 4.69) is 39.0 Å². The lowest BCUT2D eigenvalue weighted by molar-refractivity contribution is 0.475. The van der Waals surface area contributed by atoms with Crippen molar-refractivity contribution in [3.8, 4) is 11.5 Å². The standard InChI is InChI=1S/C16H19NO/c1-11-4-7-16(14(8-11)10-17)18-15-6-5-12(2)13(3)9-15/h4-9H,10,17H2,1-3H3. The van der Waals surface area contributed by atoms with Gasteiger partial charge in [0.25, 0.3) is 0 Å². The third-order valence-electron chi connectivity index (χ3n) is 3.14. The van der Waals surface area contributed by atoms with E-state index in [1.807, 2.05) is 18.2 Å². The Morgan fingerprint density at radius 1 is 0.944 bits per heavy atom. The summed E-state index contributed by atoms with van der Waals surface area (Å²) in [5, 5.41) is 0. The molecule has 0 unspecified atom stereocenters. The molecular weight excluding hydrogens is 222 g/mol. The van der Waals surface area contributed by atoms with Gasteiger partial charge in [-0.05, 0) is 50.1 Å². The summed E-state index contributed by atoms with van der Waals surface area (Å²) in [4.78, 5) is 0. The fourth-order valence-electron chi connectivity index (χ4n) is 1.87. The predicted octanol–water partition coefficient (Wildman–Crippen LogP) is 3.86. The maximum Gasteiger partial charge on any atom is 0.131 e. The zero-order valence-electron chi connectivity index (χ0n) is 11.2. The van der Waals surface area contributed by atoms with Gasteiger partial charge in [0.1, 0.15) is 11.5 Å². The predicted molar refractivity (Wildman–Crippen MR) is 75.1 cm³/mol. The molecule has 0 aliphatic heterocycles. The number of ether oxygens (including phenoxy) is 1. The summed E-state index contributed by atoms with van der Waals surface area (Å²) in [6.45, 7) is 6.72. The van der Waals surface area contributed by atoms with E-state index >= 15 is 0 Å². The van der Waals surface area contributed by atoms with Crippen LogP contribution in [-0.2, 0) is 6.54 Å². The van der Waals surface area contributed by atoms with Crippen LogP contribution in [0.4, 0.5) is 0 Å². The molecule has 0 saturated carbocycles. The molecule has 0 bridgehead atoms. The van der Waals surface area contributed by atoms with Crippen LogP contribution >= 0.6 is 0 Å². The minimum absolute atomic E-state index is 0.488. The van der Waals surface area contributed by atoms with Crippen LogP contribution in [-0.4, -0.2) is 0 Å². The fraction of sp³-hybridized carbons (Fsp3) is 0.250. The largest absolute Gasteiger partial charge is 0.457 e. The number of hydrogen-bond acceptors (Lipinski definition) is 2. The van der Waals surface area contributed by atoms with Crippen molar-refractivity contribution in [2.45, 2.75) is 27.3 Å². The van der Waals surface area contributed by atoms with E-state index in [9.17, 15) is 0 Å². The first-order valence-corrected chi connectivity index (χ1v) is 6.15. The summed E-state index contributed by atoms with van der Waals surface area (Å²) in [6, 6.07) is 12.2. The highest BCUT2D eigenvalue weighted by Crippen LogP contribution is 2.27. The van der Waals surface area contributed by atoms with Crippen LogP contribution in [0.1, 0.15) is 22.3 Å². The van der Waals surface area contributed by atoms with Gasteiger partial charge in [-0.25, -0.2) is 0 Å². The molecule has 0 aromatic heterocycles. The minimum atomic E-state index is 0.488. The van der Waals surface area contributed by atoms with Crippen molar-refractivity contribution < 1.29 is 4.74 Å². The molecule has 0 atom stereocenters. The molecule has 2 N–H and O–H groups in total. The first-order valence-electron chi connectivity index (χ1n) is 6.15. The summed E-state index contributed by atoms with van der Waals surface area (Å²) < 4.78 is 5.91. The molecule has 0 amide bonds. The van der Waals surface area contributed by atoms with Crippen molar-refractivity contribution in [1.29, 1.82) is 0 Å². The normalized spacial score (nSPS) is 10.4. The van der Waals surface area contributed by atoms with Gasteiger partial charge in [0.2, 0.25) is 0 Å². The van der Waals surface area contributed by atoms with E-state index < -0.39 is 0 Å². The second-order valence-electron chi connectivity index (χ2n) is 4.66. The van der Waals surface area contributed by atoms with Gasteiger partial charge in [-0.15, -0.1) is 0 Å². The van der Waals surface area contributed by atoms with Crippen LogP contribution in [0.15, 0.2) is 36.4 Å². The molecule has 0 aliphatic rings. The van der Waals surface area contributed by atoms with E-state index in [1.54, 1.807) is 0 Å². The van der Waals surface area contributed by atoms with Crippen LogP contribution < -0.4 is 10.5 Å². The monoisotopic (exact) mass is 241 g/mol. The van der Waals surface area contributed by atoms with Crippen LogP contribution in [0.3, 0.4) is 0 Å². The third-order valence-corrected chi connectivity index (χ3v) is 3.14. The third kappa shape index (κ3) is 2.71. The van der Waals surface area contributed by atoms with Crippen molar-refractivity contribution in [2.24, 2.45) is 5.73 Å². The smallest absolute Gasteiger partial charge is 0.131 e. The van der Waals surface area contributed by atoms with Gasteiger partial charge in [0, 0.05) is 12.1 Å². The Hall–Kier alpha value is -1.80. The molecule has 0 radical (unpaired) electrons. The van der Waals surface area contributed by atoms with Crippen LogP contribution in [0.5, 0.6) is 11.5 Å². The average molecular weight is 241 g/mol. The molecule has 18 heavy (non-hydrogen) atoms. The van der Waals surface area contributed by atoms with Gasteiger partial charge in [0.05, 0.1) is 0 Å². The summed E-state index contributed by atoms with van der Waals surface area (Å²) in [5.41, 5.74) is 10.5. The van der Waals surface area contributed by atoms with Gasteiger partial charge >= 0.3 is 0 Å². The molecule has 2 rings (SSSR count). The molecule has 2 aromatic carbocycles. The van der Waals surface area contributed by atoms with Crippen LogP contribution in [0.25, 0.3) is 0 Å². The number of nitrogens with two attached hydrogens (primary N) is 1. The molecule has 2 heteroatoms. The first kappa shape index (κ1) is 12.7. The highest BCUT2D eigenvalue weighted by Gasteiger charge is 2.05. The number of benzene rings is 2. The van der Waals surface area contributed by atoms with E-state index in [1.165, 1.54) is 16.7 Å². The Kier molecular flexibility index (Phi) is 3.68. The van der Waals surface area contributed by atoms with E-state index in [4.69, 9.17) is 10.5 Å². The maximum atomic E-state index is 5.91. The Bertz CT molecular complexity index is 561. The Morgan fingerprint density at radius 2 is 1.72 bits per heavy atom. The van der Waals surface area contributed by atoms with Crippen molar-refractivity contribution in [3.05, 3.63) is 58.7 Å². The van der Waals surface area contributed by atoms with E-state index in [-0.39, 0.29) is 0 Å². The number of aryl methyl sites for hydroxylation is 3. The second kappa shape index (κ2) is 5.23. The van der Waals surface area contributed by atoms with Gasteiger partial charge in [0.15, 0.2) is 0 Å². The van der Waals surface area contributed by atoms with Gasteiger partial charge in [-0.3, -0.25) is 0 Å². The lowest BCUT2D eigenvalue weighted by atomic mass is 10.1. The molecule has 2 nitrogen and oxygen atoms in total. The summed E-state index contributed by atoms with van der Waals surface area (Å²) in [7, 11) is 0. The molecule has 0 aliphatic carbocycles. The maximum absolute atomic E-state index is 5.91. The molecule has 0 saturated heterocycles. The lowest BCUT2D eigenvalue weighted by Crippen LogP contribution is -2.00. The Balaban J connectivity index is 2.30. The Labute approximate surface area is 108 Å². The highest BCUT2D eigenvalue weighted by atomic mass is 16.5. The summed E-state index contributed by atoms with van der Waals surface area (Å²) >= 11 is 0. The van der Waals surface area contributed by atoms with Gasteiger partial charge in [-0.1, -0.05) is 23.8 Å². The number of rotatable bonds is 3. The quantitative estimate of drug-likeness (QED) is 0.885. The van der Waals surface area contributed by atoms with E-state index in [0.717, 1.165) is 17.1 Å². The molecule has 0 fully saturated rings. The lowest BCUT2D eigenvalue weighted by Gasteiger charge is -2.12. The van der Waals surface area contributed by atoms with Crippen molar-refractivity contribution in [3.63, 3.8) is 0 Å². The topological polar surface area (TPSA) is 35.2 Å². The zero-order chi connectivity index (χ0) is 13.1. The molecular formula is C16H19NO. The zero-order valence-corrected chi connectivity index (χ0v) is 11.2. The average Bonchev–Trinajstić information content (AvgIpc) is 2.36. The van der Waals surface area contributed by atoms with E-state index in [0.29, 0.717) is 6.54 Å². The molecule has 2 aromatic rings. The SMILES string of the molecule is Cc1ccc(Oc2ccc(C)c(C)c2)c(CN)c1. The first-order chi connectivity index (χ1) is 8.60. The van der Waals surface area contributed by atoms with Crippen molar-refractivity contribution in [2.75, 3.05) is 0 Å². The number of hydrogen-bond donors (Lipinski definition) is 1. The summed E-state index contributed by atoms with van der Waals surface area (Å²) in [6.07, 6.45) is 0. The molecule has 0 spiro atoms. The van der Waals surface area contributed by atoms with Gasteiger partial charge in [-0.2, -0.15) is 0 Å². The highest BCUT2D eigenvalue weighted by molar-refractivity contribution is 5.42.